The molecule has 0 aliphatic heterocycles. The summed E-state index contributed by atoms with van der Waals surface area (Å²) < 4.78 is 18.2. The number of hydrogen-bond acceptors (Lipinski definition) is 6. The first-order valence-electron chi connectivity index (χ1n) is 9.05. The van der Waals surface area contributed by atoms with Crippen LogP contribution in [0.15, 0.2) is 0 Å². The van der Waals surface area contributed by atoms with Crippen LogP contribution in [0.2, 0.25) is 0 Å². The highest BCUT2D eigenvalue weighted by atomic mass is 32.2. The second kappa shape index (κ2) is 14.1. The van der Waals surface area contributed by atoms with Gasteiger partial charge in [-0.05, 0) is 0 Å². The molecule has 0 bridgehead atoms. The van der Waals surface area contributed by atoms with E-state index in [1.54, 1.807) is 0 Å². The Hall–Kier alpha value is 1.06. The van der Waals surface area contributed by atoms with E-state index in [1.165, 1.54) is 0 Å². The molecule has 0 N–H and O–H groups in total. The maximum absolute atomic E-state index is 5.82. The number of hydrogen-bond donors (Lipinski definition) is 0. The van der Waals surface area contributed by atoms with Crippen molar-refractivity contribution in [1.82, 2.24) is 0 Å². The fraction of sp³-hybridized carbons (Fsp3) is 1.00. The van der Waals surface area contributed by atoms with Crippen LogP contribution in [0, 0.1) is 0 Å². The summed E-state index contributed by atoms with van der Waals surface area (Å²) in [7, 11) is -0.554. The largest absolute Gasteiger partial charge is 0.639 e. The lowest BCUT2D eigenvalue weighted by atomic mass is 10.2. The molecule has 0 saturated heterocycles. The molecule has 0 spiro atoms. The Labute approximate surface area is 178 Å². The van der Waals surface area contributed by atoms with E-state index in [1.807, 2.05) is 35.3 Å². The van der Waals surface area contributed by atoms with E-state index < -0.39 is 7.32 Å². The third-order valence-electron chi connectivity index (χ3n) is 2.62. The fourth-order valence-electron chi connectivity index (χ4n) is 1.62. The first-order chi connectivity index (χ1) is 11.3. The van der Waals surface area contributed by atoms with E-state index in [0.29, 0.717) is 19.8 Å². The molecule has 0 heterocycles. The molecular formula is C18H39B2O3S3. The lowest BCUT2D eigenvalue weighted by Gasteiger charge is -2.21. The molecule has 0 unspecified atom stereocenters. The van der Waals surface area contributed by atoms with Crippen molar-refractivity contribution in [3.8, 4) is 0 Å². The second-order valence-corrected chi connectivity index (χ2v) is 14.5. The van der Waals surface area contributed by atoms with Gasteiger partial charge in [0, 0.05) is 59.7 Å². The SMILES string of the molecule is CC(C)(C)SCCOB(OCCSC(C)(C)C)OCCSC(C)(C)C.[B]. The highest BCUT2D eigenvalue weighted by molar-refractivity contribution is 8.01. The second-order valence-electron chi connectivity index (χ2n) is 8.78. The van der Waals surface area contributed by atoms with E-state index in [9.17, 15) is 0 Å². The Morgan fingerprint density at radius 1 is 0.538 bits per heavy atom. The average Bonchev–Trinajstić information content (AvgIpc) is 2.40. The molecule has 0 fully saturated rings. The van der Waals surface area contributed by atoms with Crippen LogP contribution in [-0.2, 0) is 14.0 Å². The Balaban J connectivity index is 0. The van der Waals surface area contributed by atoms with E-state index in [2.05, 4.69) is 62.3 Å². The van der Waals surface area contributed by atoms with E-state index in [4.69, 9.17) is 14.0 Å². The zero-order chi connectivity index (χ0) is 19.6. The maximum Gasteiger partial charge on any atom is 0.639 e. The van der Waals surface area contributed by atoms with Crippen LogP contribution in [0.3, 0.4) is 0 Å². The van der Waals surface area contributed by atoms with Crippen LogP contribution in [0.4, 0.5) is 0 Å². The standard InChI is InChI=1S/C18H39BO3S3.B/c1-16(2,3)23-13-10-20-19(21-11-14-24-17(4,5)6)22-12-15-25-18(7,8)9;/h10-15H2,1-9H3;. The van der Waals surface area contributed by atoms with Gasteiger partial charge in [0.05, 0.1) is 0 Å². The Kier molecular flexibility index (Phi) is 15.9. The minimum absolute atomic E-state index is 0. The van der Waals surface area contributed by atoms with Gasteiger partial charge in [-0.3, -0.25) is 0 Å². The van der Waals surface area contributed by atoms with Crippen molar-refractivity contribution >= 4 is 51.0 Å². The Morgan fingerprint density at radius 2 is 0.769 bits per heavy atom. The molecule has 0 aromatic carbocycles. The molecule has 0 aliphatic carbocycles. The summed E-state index contributed by atoms with van der Waals surface area (Å²) >= 11 is 5.68. The number of rotatable bonds is 12. The normalized spacial score (nSPS) is 12.8. The van der Waals surface area contributed by atoms with Gasteiger partial charge in [-0.1, -0.05) is 62.3 Å². The fourth-order valence-corrected chi connectivity index (χ4v) is 4.00. The van der Waals surface area contributed by atoms with Gasteiger partial charge in [0.1, 0.15) is 0 Å². The van der Waals surface area contributed by atoms with Crippen molar-refractivity contribution < 1.29 is 14.0 Å². The summed E-state index contributed by atoms with van der Waals surface area (Å²) in [5, 5.41) is 0. The van der Waals surface area contributed by atoms with Gasteiger partial charge < -0.3 is 14.0 Å². The monoisotopic (exact) mass is 421 g/mol. The summed E-state index contributed by atoms with van der Waals surface area (Å²) in [4.78, 5) is 0. The van der Waals surface area contributed by atoms with E-state index in [0.717, 1.165) is 17.3 Å². The lowest BCUT2D eigenvalue weighted by Crippen LogP contribution is -2.31. The summed E-state index contributed by atoms with van der Waals surface area (Å²) in [6.45, 7) is 21.9. The smallest absolute Gasteiger partial charge is 0.385 e. The molecule has 153 valence electrons. The highest BCUT2D eigenvalue weighted by Crippen LogP contribution is 2.24. The van der Waals surface area contributed by atoms with Crippen molar-refractivity contribution in [3.05, 3.63) is 0 Å². The Morgan fingerprint density at radius 3 is 0.962 bits per heavy atom. The minimum atomic E-state index is -0.554. The zero-order valence-corrected chi connectivity index (χ0v) is 20.8. The van der Waals surface area contributed by atoms with E-state index >= 15 is 0 Å². The zero-order valence-electron chi connectivity index (χ0n) is 18.3. The first kappa shape index (κ1) is 29.3. The number of thioether (sulfide) groups is 3. The molecule has 0 aliphatic rings. The van der Waals surface area contributed by atoms with Gasteiger partial charge in [0.25, 0.3) is 0 Å². The molecule has 0 saturated carbocycles. The van der Waals surface area contributed by atoms with Crippen molar-refractivity contribution in [2.45, 2.75) is 76.6 Å². The van der Waals surface area contributed by atoms with Gasteiger partial charge in [0.15, 0.2) is 0 Å². The van der Waals surface area contributed by atoms with Crippen LogP contribution >= 0.6 is 35.3 Å². The molecule has 0 atom stereocenters. The Bertz CT molecular complexity index is 288. The van der Waals surface area contributed by atoms with Crippen molar-refractivity contribution in [2.24, 2.45) is 0 Å². The average molecular weight is 421 g/mol. The predicted octanol–water partition coefficient (Wildman–Crippen LogP) is 5.24. The van der Waals surface area contributed by atoms with Gasteiger partial charge in [-0.25, -0.2) is 0 Å². The van der Waals surface area contributed by atoms with Crippen LogP contribution in [0.25, 0.3) is 0 Å². The molecule has 26 heavy (non-hydrogen) atoms. The van der Waals surface area contributed by atoms with Crippen molar-refractivity contribution in [1.29, 1.82) is 0 Å². The lowest BCUT2D eigenvalue weighted by molar-refractivity contribution is 0.109. The summed E-state index contributed by atoms with van der Waals surface area (Å²) in [6.07, 6.45) is 0. The molecule has 8 heteroatoms. The van der Waals surface area contributed by atoms with Gasteiger partial charge in [-0.15, -0.1) is 0 Å². The molecule has 0 rings (SSSR count). The van der Waals surface area contributed by atoms with Gasteiger partial charge in [-0.2, -0.15) is 35.3 Å². The van der Waals surface area contributed by atoms with Crippen LogP contribution in [0.1, 0.15) is 62.3 Å². The predicted molar refractivity (Wildman–Crippen MR) is 126 cm³/mol. The van der Waals surface area contributed by atoms with Crippen LogP contribution in [0.5, 0.6) is 0 Å². The maximum atomic E-state index is 5.82. The first-order valence-corrected chi connectivity index (χ1v) is 12.0. The third kappa shape index (κ3) is 23.1. The summed E-state index contributed by atoms with van der Waals surface area (Å²) in [6, 6.07) is 0. The molecule has 3 radical (unpaired) electrons. The van der Waals surface area contributed by atoms with Crippen LogP contribution < -0.4 is 0 Å². The van der Waals surface area contributed by atoms with Gasteiger partial charge in [0.2, 0.25) is 0 Å². The van der Waals surface area contributed by atoms with Crippen molar-refractivity contribution in [3.63, 3.8) is 0 Å². The minimum Gasteiger partial charge on any atom is -0.385 e. The molecular weight excluding hydrogens is 382 g/mol. The quantitative estimate of drug-likeness (QED) is 0.316. The summed E-state index contributed by atoms with van der Waals surface area (Å²) in [5.74, 6) is 2.83. The van der Waals surface area contributed by atoms with E-state index in [-0.39, 0.29) is 22.7 Å². The molecule has 0 aromatic heterocycles. The van der Waals surface area contributed by atoms with Crippen LogP contribution in [-0.4, -0.2) is 67.1 Å². The molecule has 0 aromatic rings. The highest BCUT2D eigenvalue weighted by Gasteiger charge is 2.23. The van der Waals surface area contributed by atoms with Gasteiger partial charge >= 0.3 is 7.32 Å². The topological polar surface area (TPSA) is 27.7 Å². The molecule has 0 amide bonds. The summed E-state index contributed by atoms with van der Waals surface area (Å²) in [5.41, 5.74) is 0. The molecule has 3 nitrogen and oxygen atoms in total. The third-order valence-corrected chi connectivity index (χ3v) is 6.33. The van der Waals surface area contributed by atoms with Crippen molar-refractivity contribution in [2.75, 3.05) is 37.1 Å².